The van der Waals surface area contributed by atoms with E-state index in [9.17, 15) is 9.47 Å². The lowest BCUT2D eigenvalue weighted by Crippen LogP contribution is -2.29. The highest BCUT2D eigenvalue weighted by Gasteiger charge is 2.17. The molecule has 1 aliphatic rings. The van der Waals surface area contributed by atoms with Gasteiger partial charge >= 0.3 is 0 Å². The van der Waals surface area contributed by atoms with Crippen molar-refractivity contribution in [1.29, 1.82) is 5.26 Å². The highest BCUT2D eigenvalue weighted by molar-refractivity contribution is 7.86. The van der Waals surface area contributed by atoms with E-state index in [0.717, 1.165) is 46.2 Å². The second kappa shape index (κ2) is 10.8. The Balaban J connectivity index is 0.00000155. The Bertz CT molecular complexity index is 1090. The first-order valence-electron chi connectivity index (χ1n) is 10.4. The molecule has 5 nitrogen and oxygen atoms in total. The maximum absolute atomic E-state index is 12.1. The maximum atomic E-state index is 12.1. The highest BCUT2D eigenvalue weighted by atomic mass is 32.2. The van der Waals surface area contributed by atoms with Crippen LogP contribution in [0.3, 0.4) is 0 Å². The molecule has 0 spiro atoms. The van der Waals surface area contributed by atoms with Gasteiger partial charge in [-0.25, -0.2) is 4.21 Å². The third-order valence-electron chi connectivity index (χ3n) is 4.98. The van der Waals surface area contributed by atoms with Gasteiger partial charge in [0.15, 0.2) is 0 Å². The largest absolute Gasteiger partial charge is 0.497 e. The van der Waals surface area contributed by atoms with E-state index in [1.54, 1.807) is 11.4 Å². The van der Waals surface area contributed by atoms with Gasteiger partial charge in [-0.15, -0.1) is 0 Å². The second-order valence-electron chi connectivity index (χ2n) is 6.43. The van der Waals surface area contributed by atoms with Gasteiger partial charge in [0.1, 0.15) is 22.8 Å². The summed E-state index contributed by atoms with van der Waals surface area (Å²) in [5.74, 6) is 1.38. The molecule has 0 fully saturated rings. The standard InChI is InChI=1S/C22H25N3O2S.C2H6/c1-5-25-21-14-18(27-4)8-7-9-19(21)20(15-23)22(25)16-10-12-17(13-11-16)24(3)28(26)6-2;1-2/h8-14H,5-7H2,1-4H3;1-2H3. The van der Waals surface area contributed by atoms with Crippen molar-refractivity contribution < 1.29 is 8.95 Å². The minimum Gasteiger partial charge on any atom is -0.497 e. The minimum absolute atomic E-state index is 0.573. The normalized spacial score (nSPS) is 13.2. The lowest BCUT2D eigenvalue weighted by atomic mass is 10.1. The van der Waals surface area contributed by atoms with E-state index < -0.39 is 11.0 Å². The maximum Gasteiger partial charge on any atom is 0.119 e. The molecule has 0 amide bonds. The van der Waals surface area contributed by atoms with Crippen molar-refractivity contribution in [1.82, 2.24) is 4.57 Å². The van der Waals surface area contributed by atoms with Gasteiger partial charge in [-0.3, -0.25) is 4.31 Å². The second-order valence-corrected chi connectivity index (χ2v) is 8.20. The molecule has 3 rings (SSSR count). The molecule has 160 valence electrons. The van der Waals surface area contributed by atoms with Gasteiger partial charge < -0.3 is 9.30 Å². The van der Waals surface area contributed by atoms with Crippen LogP contribution < -0.4 is 14.9 Å². The zero-order valence-corrected chi connectivity index (χ0v) is 19.5. The summed E-state index contributed by atoms with van der Waals surface area (Å²) >= 11 is 0. The molecule has 1 heterocycles. The van der Waals surface area contributed by atoms with Crippen LogP contribution in [-0.4, -0.2) is 28.7 Å². The minimum atomic E-state index is -1.04. The van der Waals surface area contributed by atoms with Crippen LogP contribution in [0, 0.1) is 11.3 Å². The molecule has 0 bridgehead atoms. The Morgan fingerprint density at radius 2 is 1.87 bits per heavy atom. The number of allylic oxidation sites excluding steroid dienone is 2. The summed E-state index contributed by atoms with van der Waals surface area (Å²) in [6.45, 7) is 8.71. The molecule has 0 saturated carbocycles. The average Bonchev–Trinajstić information content (AvgIpc) is 2.94. The third kappa shape index (κ3) is 4.52. The number of hydrogen-bond donors (Lipinski definition) is 0. The van der Waals surface area contributed by atoms with E-state index >= 15 is 0 Å². The van der Waals surface area contributed by atoms with E-state index in [4.69, 9.17) is 4.74 Å². The molecule has 1 aliphatic carbocycles. The Hall–Kier alpha value is -2.78. The fraction of sp³-hybridized carbons (Fsp3) is 0.375. The first-order valence-corrected chi connectivity index (χ1v) is 11.6. The molecule has 1 atom stereocenters. The summed E-state index contributed by atoms with van der Waals surface area (Å²) in [4.78, 5) is 0. The summed E-state index contributed by atoms with van der Waals surface area (Å²) in [6.07, 6.45) is 6.82. The summed E-state index contributed by atoms with van der Waals surface area (Å²) in [7, 11) is 2.45. The summed E-state index contributed by atoms with van der Waals surface area (Å²) in [6, 6.07) is 10.3. The topological polar surface area (TPSA) is 58.3 Å². The summed E-state index contributed by atoms with van der Waals surface area (Å²) in [5.41, 5.74) is 3.44. The molecule has 2 aromatic rings. The van der Waals surface area contributed by atoms with Crippen LogP contribution in [-0.2, 0) is 22.3 Å². The smallest absolute Gasteiger partial charge is 0.119 e. The lowest BCUT2D eigenvalue weighted by molar-refractivity contribution is 0.312. The van der Waals surface area contributed by atoms with Crippen LogP contribution in [0.5, 0.6) is 0 Å². The van der Waals surface area contributed by atoms with Crippen LogP contribution >= 0.6 is 0 Å². The van der Waals surface area contributed by atoms with Crippen molar-refractivity contribution in [3.05, 3.63) is 52.2 Å². The van der Waals surface area contributed by atoms with Gasteiger partial charge in [0, 0.05) is 36.3 Å². The number of rotatable bonds is 6. The van der Waals surface area contributed by atoms with E-state index in [1.807, 2.05) is 64.2 Å². The van der Waals surface area contributed by atoms with Gasteiger partial charge in [-0.2, -0.15) is 5.26 Å². The number of nitriles is 1. The molecule has 1 aromatic carbocycles. The Labute approximate surface area is 182 Å². The number of benzene rings is 1. The molecule has 0 aliphatic heterocycles. The number of methoxy groups -OCH3 is 1. The van der Waals surface area contributed by atoms with E-state index in [2.05, 4.69) is 23.6 Å². The molecule has 0 saturated heterocycles. The van der Waals surface area contributed by atoms with Gasteiger partial charge in [-0.05, 0) is 37.1 Å². The zero-order valence-electron chi connectivity index (χ0n) is 18.7. The van der Waals surface area contributed by atoms with E-state index in [0.29, 0.717) is 11.3 Å². The molecule has 0 N–H and O–H groups in total. The molecular formula is C24H31N3O2S. The molecule has 30 heavy (non-hydrogen) atoms. The number of nitrogens with zero attached hydrogens (tertiary/aromatic N) is 3. The summed E-state index contributed by atoms with van der Waals surface area (Å²) in [5, 5.41) is 11.9. The first kappa shape index (κ1) is 23.5. The van der Waals surface area contributed by atoms with Gasteiger partial charge in [-0.1, -0.05) is 39.0 Å². The SMILES string of the molecule is CC.CCn1c(-c2ccc(N(C)S(=O)CC)cc2)c(C#N)c2c1=CC(OC)=CCC=2. The fourth-order valence-electron chi connectivity index (χ4n) is 3.53. The van der Waals surface area contributed by atoms with Crippen molar-refractivity contribution in [2.75, 3.05) is 24.2 Å². The molecule has 1 aromatic heterocycles. The summed E-state index contributed by atoms with van der Waals surface area (Å²) < 4.78 is 21.4. The van der Waals surface area contributed by atoms with Gasteiger partial charge in [0.05, 0.1) is 23.7 Å². The predicted molar refractivity (Wildman–Crippen MR) is 127 cm³/mol. The monoisotopic (exact) mass is 425 g/mol. The van der Waals surface area contributed by atoms with Crippen molar-refractivity contribution in [3.8, 4) is 17.3 Å². The van der Waals surface area contributed by atoms with Crippen molar-refractivity contribution in [2.24, 2.45) is 0 Å². The van der Waals surface area contributed by atoms with Crippen molar-refractivity contribution in [3.63, 3.8) is 0 Å². The van der Waals surface area contributed by atoms with Crippen LogP contribution in [0.4, 0.5) is 5.69 Å². The van der Waals surface area contributed by atoms with Crippen molar-refractivity contribution in [2.45, 2.75) is 40.7 Å². The van der Waals surface area contributed by atoms with E-state index in [1.165, 1.54) is 0 Å². The third-order valence-corrected chi connectivity index (χ3v) is 6.30. The Morgan fingerprint density at radius 1 is 1.20 bits per heavy atom. The van der Waals surface area contributed by atoms with Crippen LogP contribution in [0.15, 0.2) is 36.1 Å². The lowest BCUT2D eigenvalue weighted by Gasteiger charge is -2.17. The first-order chi connectivity index (χ1) is 14.5. The fourth-order valence-corrected chi connectivity index (χ4v) is 4.27. The van der Waals surface area contributed by atoms with E-state index in [-0.39, 0.29) is 0 Å². The quantitative estimate of drug-likeness (QED) is 0.709. The highest BCUT2D eigenvalue weighted by Crippen LogP contribution is 2.25. The van der Waals surface area contributed by atoms with Gasteiger partial charge in [0.2, 0.25) is 0 Å². The van der Waals surface area contributed by atoms with Gasteiger partial charge in [0.25, 0.3) is 0 Å². The number of hydrogen-bond acceptors (Lipinski definition) is 3. The average molecular weight is 426 g/mol. The van der Waals surface area contributed by atoms with Crippen LogP contribution in [0.25, 0.3) is 23.4 Å². The van der Waals surface area contributed by atoms with Crippen molar-refractivity contribution >= 4 is 28.8 Å². The Morgan fingerprint density at radius 3 is 2.40 bits per heavy atom. The zero-order chi connectivity index (χ0) is 22.3. The number of ether oxygens (including phenoxy) is 1. The number of aromatic nitrogens is 1. The van der Waals surface area contributed by atoms with Crippen LogP contribution in [0.2, 0.25) is 0 Å². The predicted octanol–water partition coefficient (Wildman–Crippen LogP) is 3.69. The Kier molecular flexibility index (Phi) is 8.49. The molecular weight excluding hydrogens is 394 g/mol. The number of anilines is 1. The molecule has 1 unspecified atom stereocenters. The molecule has 6 heteroatoms. The molecule has 0 radical (unpaired) electrons. The van der Waals surface area contributed by atoms with Crippen LogP contribution in [0.1, 0.15) is 39.7 Å². The number of fused-ring (bicyclic) bond motifs is 1.